The zero-order valence-electron chi connectivity index (χ0n) is 11.1. The van der Waals surface area contributed by atoms with Crippen molar-refractivity contribution >= 4 is 23.5 Å². The van der Waals surface area contributed by atoms with Crippen LogP contribution in [0.25, 0.3) is 0 Å². The lowest BCUT2D eigenvalue weighted by Crippen LogP contribution is -2.34. The van der Waals surface area contributed by atoms with Crippen molar-refractivity contribution in [2.45, 2.75) is 12.5 Å². The number of carbonyl (C=O) groups excluding carboxylic acids is 1. The van der Waals surface area contributed by atoms with E-state index in [9.17, 15) is 14.7 Å². The standard InChI is InChI=1S/C16H14ClNO3/c17-13-9-5-4-8-12(13)10-14(19)18-15(16(20)21)11-6-2-1-3-7-11/h1-9,15H,10H2,(H,18,19)(H,20,21)/t15-/m0/s1. The van der Waals surface area contributed by atoms with E-state index in [1.165, 1.54) is 0 Å². The fourth-order valence-electron chi connectivity index (χ4n) is 1.96. The topological polar surface area (TPSA) is 66.4 Å². The predicted octanol–water partition coefficient (Wildman–Crippen LogP) is 2.82. The Morgan fingerprint density at radius 1 is 1.05 bits per heavy atom. The SMILES string of the molecule is O=C(Cc1ccccc1Cl)N[C@H](C(=O)O)c1ccccc1. The molecule has 108 valence electrons. The first kappa shape index (κ1) is 15.1. The first-order valence-electron chi connectivity index (χ1n) is 6.38. The Kier molecular flexibility index (Phi) is 4.95. The van der Waals surface area contributed by atoms with Crippen molar-refractivity contribution in [1.29, 1.82) is 0 Å². The summed E-state index contributed by atoms with van der Waals surface area (Å²) in [5.74, 6) is -1.49. The van der Waals surface area contributed by atoms with Gasteiger partial charge in [-0.25, -0.2) is 4.79 Å². The van der Waals surface area contributed by atoms with Gasteiger partial charge >= 0.3 is 5.97 Å². The predicted molar refractivity (Wildman–Crippen MR) is 80.1 cm³/mol. The smallest absolute Gasteiger partial charge is 0.330 e. The summed E-state index contributed by atoms with van der Waals surface area (Å²) in [6.07, 6.45) is 0.0380. The van der Waals surface area contributed by atoms with Crippen LogP contribution in [0.3, 0.4) is 0 Å². The Hall–Kier alpha value is -2.33. The third-order valence-electron chi connectivity index (χ3n) is 2.99. The second-order valence-corrected chi connectivity index (χ2v) is 4.92. The summed E-state index contributed by atoms with van der Waals surface area (Å²) in [5, 5.41) is 12.3. The van der Waals surface area contributed by atoms with Gasteiger partial charge in [0.05, 0.1) is 6.42 Å². The number of nitrogens with one attached hydrogen (secondary N) is 1. The average Bonchev–Trinajstić information content (AvgIpc) is 2.48. The van der Waals surface area contributed by atoms with Gasteiger partial charge in [-0.3, -0.25) is 4.79 Å². The van der Waals surface area contributed by atoms with Crippen molar-refractivity contribution in [1.82, 2.24) is 5.32 Å². The van der Waals surface area contributed by atoms with E-state index in [0.717, 1.165) is 0 Å². The Bertz CT molecular complexity index is 643. The second-order valence-electron chi connectivity index (χ2n) is 4.52. The summed E-state index contributed by atoms with van der Waals surface area (Å²) in [6, 6.07) is 14.5. The number of halogens is 1. The second kappa shape index (κ2) is 6.90. The van der Waals surface area contributed by atoms with Gasteiger partial charge in [0.2, 0.25) is 5.91 Å². The van der Waals surface area contributed by atoms with Crippen LogP contribution in [0.5, 0.6) is 0 Å². The maximum absolute atomic E-state index is 12.0. The fraction of sp³-hybridized carbons (Fsp3) is 0.125. The summed E-state index contributed by atoms with van der Waals surface area (Å²) >= 11 is 5.99. The highest BCUT2D eigenvalue weighted by atomic mass is 35.5. The highest BCUT2D eigenvalue weighted by molar-refractivity contribution is 6.31. The van der Waals surface area contributed by atoms with Gasteiger partial charge in [0.15, 0.2) is 6.04 Å². The van der Waals surface area contributed by atoms with Gasteiger partial charge in [0.1, 0.15) is 0 Å². The summed E-state index contributed by atoms with van der Waals surface area (Å²) < 4.78 is 0. The van der Waals surface area contributed by atoms with Crippen molar-refractivity contribution < 1.29 is 14.7 Å². The largest absolute Gasteiger partial charge is 0.479 e. The van der Waals surface area contributed by atoms with E-state index in [4.69, 9.17) is 11.6 Å². The summed E-state index contributed by atoms with van der Waals surface area (Å²) in [5.41, 5.74) is 1.19. The molecule has 0 heterocycles. The normalized spacial score (nSPS) is 11.7. The molecule has 0 saturated carbocycles. The van der Waals surface area contributed by atoms with E-state index in [1.807, 2.05) is 0 Å². The van der Waals surface area contributed by atoms with Crippen LogP contribution in [-0.2, 0) is 16.0 Å². The lowest BCUT2D eigenvalue weighted by atomic mass is 10.1. The van der Waals surface area contributed by atoms with Gasteiger partial charge in [-0.15, -0.1) is 0 Å². The molecule has 5 heteroatoms. The Labute approximate surface area is 127 Å². The first-order valence-corrected chi connectivity index (χ1v) is 6.76. The maximum atomic E-state index is 12.0. The van der Waals surface area contributed by atoms with Crippen LogP contribution in [0, 0.1) is 0 Å². The number of benzene rings is 2. The quantitative estimate of drug-likeness (QED) is 0.892. The molecule has 0 bridgehead atoms. The number of amides is 1. The van der Waals surface area contributed by atoms with E-state index in [1.54, 1.807) is 54.6 Å². The van der Waals surface area contributed by atoms with Gasteiger partial charge < -0.3 is 10.4 Å². The zero-order chi connectivity index (χ0) is 15.2. The fourth-order valence-corrected chi connectivity index (χ4v) is 2.16. The van der Waals surface area contributed by atoms with Gasteiger partial charge in [0, 0.05) is 5.02 Å². The van der Waals surface area contributed by atoms with Crippen molar-refractivity contribution in [3.05, 3.63) is 70.7 Å². The highest BCUT2D eigenvalue weighted by Gasteiger charge is 2.22. The minimum Gasteiger partial charge on any atom is -0.479 e. The summed E-state index contributed by atoms with van der Waals surface area (Å²) in [7, 11) is 0. The number of hydrogen-bond acceptors (Lipinski definition) is 2. The van der Waals surface area contributed by atoms with Crippen LogP contribution in [0.15, 0.2) is 54.6 Å². The van der Waals surface area contributed by atoms with Gasteiger partial charge in [-0.1, -0.05) is 60.1 Å². The van der Waals surface area contributed by atoms with Crippen LogP contribution < -0.4 is 5.32 Å². The molecule has 2 aromatic carbocycles. The van der Waals surface area contributed by atoms with Crippen molar-refractivity contribution in [3.63, 3.8) is 0 Å². The van der Waals surface area contributed by atoms with Crippen LogP contribution in [0.4, 0.5) is 0 Å². The van der Waals surface area contributed by atoms with Crippen LogP contribution in [0.2, 0.25) is 5.02 Å². The molecule has 0 saturated heterocycles. The van der Waals surface area contributed by atoms with E-state index in [-0.39, 0.29) is 12.3 Å². The Balaban J connectivity index is 2.10. The van der Waals surface area contributed by atoms with Crippen molar-refractivity contribution in [2.75, 3.05) is 0 Å². The van der Waals surface area contributed by atoms with Gasteiger partial charge in [-0.05, 0) is 17.2 Å². The number of rotatable bonds is 5. The monoisotopic (exact) mass is 303 g/mol. The minimum absolute atomic E-state index is 0.0380. The number of hydrogen-bond donors (Lipinski definition) is 2. The molecule has 4 nitrogen and oxygen atoms in total. The molecule has 0 spiro atoms. The minimum atomic E-state index is -1.10. The number of aliphatic carboxylic acids is 1. The molecule has 1 atom stereocenters. The molecule has 1 amide bonds. The highest BCUT2D eigenvalue weighted by Crippen LogP contribution is 2.17. The van der Waals surface area contributed by atoms with Gasteiger partial charge in [-0.2, -0.15) is 0 Å². The molecule has 0 aliphatic heterocycles. The Morgan fingerprint density at radius 3 is 2.29 bits per heavy atom. The van der Waals surface area contributed by atoms with Gasteiger partial charge in [0.25, 0.3) is 0 Å². The van der Waals surface area contributed by atoms with E-state index in [2.05, 4.69) is 5.32 Å². The molecule has 0 unspecified atom stereocenters. The molecule has 0 aliphatic carbocycles. The van der Waals surface area contributed by atoms with E-state index in [0.29, 0.717) is 16.1 Å². The van der Waals surface area contributed by atoms with Crippen LogP contribution in [0.1, 0.15) is 17.2 Å². The number of carbonyl (C=O) groups is 2. The molecule has 0 aliphatic rings. The first-order chi connectivity index (χ1) is 10.1. The van der Waals surface area contributed by atoms with Crippen LogP contribution >= 0.6 is 11.6 Å². The molecule has 2 aromatic rings. The maximum Gasteiger partial charge on any atom is 0.330 e. The zero-order valence-corrected chi connectivity index (χ0v) is 11.9. The Morgan fingerprint density at radius 2 is 1.67 bits per heavy atom. The molecular weight excluding hydrogens is 290 g/mol. The molecule has 2 N–H and O–H groups in total. The average molecular weight is 304 g/mol. The van der Waals surface area contributed by atoms with E-state index < -0.39 is 12.0 Å². The lowest BCUT2D eigenvalue weighted by Gasteiger charge is -2.15. The summed E-state index contributed by atoms with van der Waals surface area (Å²) in [4.78, 5) is 23.3. The molecule has 21 heavy (non-hydrogen) atoms. The molecular formula is C16H14ClNO3. The van der Waals surface area contributed by atoms with E-state index >= 15 is 0 Å². The molecule has 0 aromatic heterocycles. The third-order valence-corrected chi connectivity index (χ3v) is 3.36. The number of carboxylic acids is 1. The van der Waals surface area contributed by atoms with Crippen LogP contribution in [-0.4, -0.2) is 17.0 Å². The van der Waals surface area contributed by atoms with Crippen molar-refractivity contribution in [3.8, 4) is 0 Å². The molecule has 0 fully saturated rings. The molecule has 0 radical (unpaired) electrons. The lowest BCUT2D eigenvalue weighted by molar-refractivity contribution is -0.141. The molecule has 2 rings (SSSR count). The van der Waals surface area contributed by atoms with Crippen molar-refractivity contribution in [2.24, 2.45) is 0 Å². The third kappa shape index (κ3) is 4.07. The summed E-state index contributed by atoms with van der Waals surface area (Å²) in [6.45, 7) is 0. The number of carboxylic acid groups (broad SMARTS) is 1.